The smallest absolute Gasteiger partial charge is 0.123 e. The minimum Gasteiger partial charge on any atom is -0.310 e. The number of rotatable bonds is 6. The lowest BCUT2D eigenvalue weighted by Gasteiger charge is -2.19. The molecule has 0 fully saturated rings. The van der Waals surface area contributed by atoms with Gasteiger partial charge in [0.2, 0.25) is 0 Å². The van der Waals surface area contributed by atoms with Crippen LogP contribution in [0.1, 0.15) is 36.2 Å². The number of hydrogen-bond acceptors (Lipinski definition) is 2. The van der Waals surface area contributed by atoms with Crippen LogP contribution in [0, 0.1) is 12.7 Å². The molecule has 5 heteroatoms. The molecule has 1 N–H and O–H groups in total. The number of hydrogen-bond donors (Lipinski definition) is 1. The van der Waals surface area contributed by atoms with Crippen molar-refractivity contribution in [1.82, 2.24) is 15.1 Å². The third kappa shape index (κ3) is 3.92. The van der Waals surface area contributed by atoms with Gasteiger partial charge in [0.25, 0.3) is 0 Å². The first-order valence-corrected chi connectivity index (χ1v) is 7.98. The molecule has 0 spiro atoms. The molecule has 2 aromatic rings. The Balaban J connectivity index is 2.28. The van der Waals surface area contributed by atoms with E-state index in [1.807, 2.05) is 17.9 Å². The van der Waals surface area contributed by atoms with E-state index in [9.17, 15) is 4.39 Å². The standard InChI is InChI=1S/C16H21BrFN3/c1-4-7-19-16(14-10-20-21(3)11(14)2)9-12-8-13(18)5-6-15(12)17/h5-6,8,10,16,19H,4,7,9H2,1-3H3. The van der Waals surface area contributed by atoms with E-state index in [-0.39, 0.29) is 11.9 Å². The Morgan fingerprint density at radius 2 is 2.19 bits per heavy atom. The largest absolute Gasteiger partial charge is 0.310 e. The molecule has 0 amide bonds. The van der Waals surface area contributed by atoms with Crippen molar-refractivity contribution in [3.05, 3.63) is 51.5 Å². The maximum Gasteiger partial charge on any atom is 0.123 e. The lowest BCUT2D eigenvalue weighted by molar-refractivity contribution is 0.523. The summed E-state index contributed by atoms with van der Waals surface area (Å²) in [7, 11) is 1.94. The maximum absolute atomic E-state index is 13.5. The summed E-state index contributed by atoms with van der Waals surface area (Å²) in [6, 6.07) is 4.96. The Kier molecular flexibility index (Phi) is 5.53. The van der Waals surface area contributed by atoms with Crippen LogP contribution in [0.15, 0.2) is 28.9 Å². The number of benzene rings is 1. The molecular formula is C16H21BrFN3. The van der Waals surface area contributed by atoms with Crippen LogP contribution in [-0.4, -0.2) is 16.3 Å². The molecule has 2 rings (SSSR count). The molecule has 0 bridgehead atoms. The van der Waals surface area contributed by atoms with Crippen LogP contribution in [0.25, 0.3) is 0 Å². The van der Waals surface area contributed by atoms with E-state index in [1.165, 1.54) is 11.6 Å². The molecule has 3 nitrogen and oxygen atoms in total. The Morgan fingerprint density at radius 1 is 1.43 bits per heavy atom. The molecule has 0 saturated carbocycles. The van der Waals surface area contributed by atoms with Crippen molar-refractivity contribution in [2.75, 3.05) is 6.54 Å². The first kappa shape index (κ1) is 16.2. The Labute approximate surface area is 133 Å². The molecule has 0 saturated heterocycles. The molecule has 0 aliphatic rings. The second kappa shape index (κ2) is 7.18. The monoisotopic (exact) mass is 353 g/mol. The van der Waals surface area contributed by atoms with Gasteiger partial charge in [0.05, 0.1) is 6.20 Å². The van der Waals surface area contributed by atoms with Crippen molar-refractivity contribution in [3.63, 3.8) is 0 Å². The molecule has 0 radical (unpaired) electrons. The van der Waals surface area contributed by atoms with Gasteiger partial charge in [-0.2, -0.15) is 5.10 Å². The predicted octanol–water partition coefficient (Wildman–Crippen LogP) is 3.91. The summed E-state index contributed by atoms with van der Waals surface area (Å²) < 4.78 is 16.3. The lowest BCUT2D eigenvalue weighted by atomic mass is 9.99. The van der Waals surface area contributed by atoms with Gasteiger partial charge in [-0.3, -0.25) is 4.68 Å². The van der Waals surface area contributed by atoms with Gasteiger partial charge in [0.1, 0.15) is 5.82 Å². The first-order valence-electron chi connectivity index (χ1n) is 7.18. The first-order chi connectivity index (χ1) is 10.0. The average Bonchev–Trinajstić information content (AvgIpc) is 2.79. The summed E-state index contributed by atoms with van der Waals surface area (Å²) >= 11 is 3.51. The Hall–Kier alpha value is -1.20. The minimum absolute atomic E-state index is 0.136. The fourth-order valence-corrected chi connectivity index (χ4v) is 2.80. The predicted molar refractivity (Wildman–Crippen MR) is 86.8 cm³/mol. The molecule has 1 heterocycles. The fraction of sp³-hybridized carbons (Fsp3) is 0.438. The highest BCUT2D eigenvalue weighted by Crippen LogP contribution is 2.26. The van der Waals surface area contributed by atoms with Gasteiger partial charge in [-0.15, -0.1) is 0 Å². The third-order valence-corrected chi connectivity index (χ3v) is 4.49. The zero-order valence-electron chi connectivity index (χ0n) is 12.7. The third-order valence-electron chi connectivity index (χ3n) is 3.72. The van der Waals surface area contributed by atoms with Gasteiger partial charge in [-0.25, -0.2) is 4.39 Å². The minimum atomic E-state index is -0.203. The van der Waals surface area contributed by atoms with Gasteiger partial charge in [-0.05, 0) is 50.1 Å². The van der Waals surface area contributed by atoms with Crippen molar-refractivity contribution < 1.29 is 4.39 Å². The van der Waals surface area contributed by atoms with Crippen molar-refractivity contribution in [3.8, 4) is 0 Å². The highest BCUT2D eigenvalue weighted by molar-refractivity contribution is 9.10. The van der Waals surface area contributed by atoms with E-state index in [2.05, 4.69) is 40.2 Å². The lowest BCUT2D eigenvalue weighted by Crippen LogP contribution is -2.24. The number of halogens is 2. The summed E-state index contributed by atoms with van der Waals surface area (Å²) in [6.45, 7) is 5.12. The van der Waals surface area contributed by atoms with Crippen molar-refractivity contribution >= 4 is 15.9 Å². The van der Waals surface area contributed by atoms with Crippen LogP contribution >= 0.6 is 15.9 Å². The maximum atomic E-state index is 13.5. The van der Waals surface area contributed by atoms with Crippen LogP contribution in [0.5, 0.6) is 0 Å². The van der Waals surface area contributed by atoms with E-state index in [1.54, 1.807) is 12.1 Å². The number of nitrogens with zero attached hydrogens (tertiary/aromatic N) is 2. The highest BCUT2D eigenvalue weighted by Gasteiger charge is 2.18. The van der Waals surface area contributed by atoms with Gasteiger partial charge in [0.15, 0.2) is 0 Å². The summed E-state index contributed by atoms with van der Waals surface area (Å²) in [5, 5.41) is 7.86. The van der Waals surface area contributed by atoms with Crippen LogP contribution in [0.2, 0.25) is 0 Å². The van der Waals surface area contributed by atoms with Crippen LogP contribution in [-0.2, 0) is 13.5 Å². The molecule has 1 unspecified atom stereocenters. The van der Waals surface area contributed by atoms with Gasteiger partial charge in [0, 0.05) is 28.8 Å². The van der Waals surface area contributed by atoms with E-state index < -0.39 is 0 Å². The summed E-state index contributed by atoms with van der Waals surface area (Å²) in [4.78, 5) is 0. The van der Waals surface area contributed by atoms with Crippen molar-refractivity contribution in [2.45, 2.75) is 32.7 Å². The molecule has 1 aromatic carbocycles. The summed E-state index contributed by atoms with van der Waals surface area (Å²) in [6.07, 6.45) is 3.68. The number of aryl methyl sites for hydroxylation is 1. The number of aromatic nitrogens is 2. The molecule has 1 aromatic heterocycles. The zero-order valence-corrected chi connectivity index (χ0v) is 14.2. The second-order valence-electron chi connectivity index (χ2n) is 5.26. The highest BCUT2D eigenvalue weighted by atomic mass is 79.9. The molecule has 114 valence electrons. The molecule has 21 heavy (non-hydrogen) atoms. The average molecular weight is 354 g/mol. The van der Waals surface area contributed by atoms with Crippen LogP contribution in [0.4, 0.5) is 4.39 Å². The summed E-state index contributed by atoms with van der Waals surface area (Å²) in [5.74, 6) is -0.203. The van der Waals surface area contributed by atoms with Crippen molar-refractivity contribution in [1.29, 1.82) is 0 Å². The zero-order chi connectivity index (χ0) is 15.4. The second-order valence-corrected chi connectivity index (χ2v) is 6.11. The van der Waals surface area contributed by atoms with Gasteiger partial charge >= 0.3 is 0 Å². The molecule has 0 aliphatic heterocycles. The van der Waals surface area contributed by atoms with E-state index in [0.717, 1.165) is 35.1 Å². The summed E-state index contributed by atoms with van der Waals surface area (Å²) in [5.41, 5.74) is 3.27. The molecule has 0 aliphatic carbocycles. The Morgan fingerprint density at radius 3 is 2.81 bits per heavy atom. The van der Waals surface area contributed by atoms with Gasteiger partial charge in [-0.1, -0.05) is 22.9 Å². The SMILES string of the molecule is CCCNC(Cc1cc(F)ccc1Br)c1cnn(C)c1C. The molecular weight excluding hydrogens is 333 g/mol. The number of nitrogens with one attached hydrogen (secondary N) is 1. The fourth-order valence-electron chi connectivity index (χ4n) is 2.39. The normalized spacial score (nSPS) is 12.6. The Bertz CT molecular complexity index is 610. The van der Waals surface area contributed by atoms with Crippen LogP contribution < -0.4 is 5.32 Å². The van der Waals surface area contributed by atoms with Crippen LogP contribution in [0.3, 0.4) is 0 Å². The molecule has 1 atom stereocenters. The van der Waals surface area contributed by atoms with E-state index >= 15 is 0 Å². The van der Waals surface area contributed by atoms with Crippen molar-refractivity contribution in [2.24, 2.45) is 7.05 Å². The van der Waals surface area contributed by atoms with Gasteiger partial charge < -0.3 is 5.32 Å². The topological polar surface area (TPSA) is 29.9 Å². The van der Waals surface area contributed by atoms with E-state index in [4.69, 9.17) is 0 Å². The quantitative estimate of drug-likeness (QED) is 0.852. The van der Waals surface area contributed by atoms with E-state index in [0.29, 0.717) is 0 Å².